The smallest absolute Gasteiger partial charge is 0.228 e. The summed E-state index contributed by atoms with van der Waals surface area (Å²) >= 11 is 12.2. The number of ether oxygens (including phenoxy) is 1. The number of carbonyl (C=O) groups is 2. The first-order valence-electron chi connectivity index (χ1n) is 10.7. The summed E-state index contributed by atoms with van der Waals surface area (Å²) in [4.78, 5) is 26.5. The molecule has 8 nitrogen and oxygen atoms in total. The third-order valence-electron chi connectivity index (χ3n) is 4.96. The number of amides is 2. The second-order valence-electron chi connectivity index (χ2n) is 7.92. The van der Waals surface area contributed by atoms with Crippen LogP contribution < -0.4 is 20.3 Å². The van der Waals surface area contributed by atoms with E-state index < -0.39 is 5.91 Å². The number of anilines is 4. The van der Waals surface area contributed by atoms with Gasteiger partial charge in [0.05, 0.1) is 32.8 Å². The Morgan fingerprint density at radius 2 is 1.63 bits per heavy atom. The Labute approximate surface area is 213 Å². The summed E-state index contributed by atoms with van der Waals surface area (Å²) in [5, 5.41) is 26.2. The van der Waals surface area contributed by atoms with Crippen LogP contribution in [0, 0.1) is 5.92 Å². The van der Waals surface area contributed by atoms with Crippen LogP contribution >= 0.6 is 23.2 Å². The predicted molar refractivity (Wildman–Crippen MR) is 138 cm³/mol. The average molecular weight is 518 g/mol. The van der Waals surface area contributed by atoms with Crippen LogP contribution in [-0.4, -0.2) is 28.8 Å². The molecule has 35 heavy (non-hydrogen) atoms. The van der Waals surface area contributed by atoms with Gasteiger partial charge in [0.15, 0.2) is 12.5 Å². The number of phenolic OH excluding ortho intramolecular Hbond substituents is 2. The number of rotatable bonds is 8. The van der Waals surface area contributed by atoms with Gasteiger partial charge in [0.1, 0.15) is 11.5 Å². The molecule has 3 aromatic rings. The summed E-state index contributed by atoms with van der Waals surface area (Å²) < 4.78 is 5.63. The number of para-hydroxylation sites is 1. The Balaban J connectivity index is 2.05. The van der Waals surface area contributed by atoms with E-state index in [1.807, 2.05) is 18.2 Å². The molecule has 0 radical (unpaired) electrons. The minimum absolute atomic E-state index is 0.0195. The molecule has 0 atom stereocenters. The van der Waals surface area contributed by atoms with Crippen molar-refractivity contribution in [2.75, 3.05) is 22.3 Å². The highest BCUT2D eigenvalue weighted by molar-refractivity contribution is 6.37. The number of nitrogens with zero attached hydrogens (tertiary/aromatic N) is 1. The summed E-state index contributed by atoms with van der Waals surface area (Å²) in [7, 11) is 0. The van der Waals surface area contributed by atoms with Crippen molar-refractivity contribution in [1.29, 1.82) is 0 Å². The Bertz CT molecular complexity index is 1210. The van der Waals surface area contributed by atoms with Gasteiger partial charge in [-0.1, -0.05) is 55.2 Å². The number of hydrogen-bond acceptors (Lipinski definition) is 6. The van der Waals surface area contributed by atoms with Gasteiger partial charge in [-0.25, -0.2) is 0 Å². The lowest BCUT2D eigenvalue weighted by molar-refractivity contribution is -0.119. The molecule has 10 heteroatoms. The summed E-state index contributed by atoms with van der Waals surface area (Å²) in [6, 6.07) is 14.7. The number of phenols is 2. The number of carbonyl (C=O) groups excluding carboxylic acids is 2. The van der Waals surface area contributed by atoms with E-state index in [4.69, 9.17) is 27.9 Å². The highest BCUT2D eigenvalue weighted by Crippen LogP contribution is 2.43. The Morgan fingerprint density at radius 3 is 2.20 bits per heavy atom. The van der Waals surface area contributed by atoms with Gasteiger partial charge in [0.2, 0.25) is 11.8 Å². The molecule has 3 rings (SSSR count). The van der Waals surface area contributed by atoms with Crippen molar-refractivity contribution < 1.29 is 24.5 Å². The highest BCUT2D eigenvalue weighted by Gasteiger charge is 2.24. The number of aromatic hydroxyl groups is 2. The third kappa shape index (κ3) is 6.29. The maximum Gasteiger partial charge on any atom is 0.228 e. The first-order valence-corrected chi connectivity index (χ1v) is 11.4. The first kappa shape index (κ1) is 26.0. The van der Waals surface area contributed by atoms with E-state index in [0.29, 0.717) is 5.75 Å². The topological polar surface area (TPSA) is 111 Å². The maximum atomic E-state index is 12.8. The van der Waals surface area contributed by atoms with Crippen LogP contribution in [0.15, 0.2) is 54.6 Å². The minimum atomic E-state index is -0.431. The zero-order chi connectivity index (χ0) is 25.7. The van der Waals surface area contributed by atoms with Gasteiger partial charge in [-0.3, -0.25) is 14.5 Å². The van der Waals surface area contributed by atoms with Crippen LogP contribution in [0.4, 0.5) is 22.7 Å². The molecule has 2 amide bonds. The van der Waals surface area contributed by atoms with Crippen LogP contribution in [0.25, 0.3) is 0 Å². The van der Waals surface area contributed by atoms with Crippen LogP contribution in [0.5, 0.6) is 17.2 Å². The molecule has 0 unspecified atom stereocenters. The molecule has 0 fully saturated rings. The van der Waals surface area contributed by atoms with E-state index in [1.165, 1.54) is 36.1 Å². The monoisotopic (exact) mass is 517 g/mol. The Kier molecular flexibility index (Phi) is 8.32. The number of nitrogens with one attached hydrogen (secondary N) is 2. The molecule has 0 aliphatic rings. The summed E-state index contributed by atoms with van der Waals surface area (Å²) in [6.45, 7) is 4.77. The van der Waals surface area contributed by atoms with Gasteiger partial charge in [-0.05, 0) is 30.3 Å². The van der Waals surface area contributed by atoms with Crippen molar-refractivity contribution in [3.05, 3.63) is 64.6 Å². The van der Waals surface area contributed by atoms with Gasteiger partial charge in [-0.2, -0.15) is 0 Å². The molecule has 3 aromatic carbocycles. The third-order valence-corrected chi connectivity index (χ3v) is 5.53. The van der Waals surface area contributed by atoms with Crippen LogP contribution in [0.2, 0.25) is 10.0 Å². The van der Waals surface area contributed by atoms with Gasteiger partial charge in [0, 0.05) is 18.9 Å². The highest BCUT2D eigenvalue weighted by atomic mass is 35.5. The second-order valence-corrected chi connectivity index (χ2v) is 8.74. The van der Waals surface area contributed by atoms with E-state index >= 15 is 0 Å². The van der Waals surface area contributed by atoms with Crippen LogP contribution in [0.3, 0.4) is 0 Å². The lowest BCUT2D eigenvalue weighted by Crippen LogP contribution is -2.26. The fourth-order valence-electron chi connectivity index (χ4n) is 3.17. The van der Waals surface area contributed by atoms with Gasteiger partial charge >= 0.3 is 0 Å². The molecular weight excluding hydrogens is 493 g/mol. The first-order chi connectivity index (χ1) is 16.6. The minimum Gasteiger partial charge on any atom is -0.506 e. The molecule has 4 N–H and O–H groups in total. The van der Waals surface area contributed by atoms with Gasteiger partial charge in [-0.15, -0.1) is 0 Å². The molecule has 0 heterocycles. The molecule has 0 aliphatic carbocycles. The van der Waals surface area contributed by atoms with Crippen molar-refractivity contribution in [2.45, 2.75) is 20.8 Å². The standard InChI is InChI=1S/C25H25Cl2N3O5/c1-14(2)25(34)29-20-12-23(32)21(28-13-35-17-7-5-4-6-8-17)11-22(20)30(15(3)31)16-9-18(26)24(33)19(27)10-16/h4-12,14,28,32-33H,13H2,1-3H3,(H,29,34). The lowest BCUT2D eigenvalue weighted by Gasteiger charge is -2.26. The SMILES string of the molecule is CC(=O)N(c1cc(Cl)c(O)c(Cl)c1)c1cc(NCOc2ccccc2)c(O)cc1NC(=O)C(C)C. The molecule has 0 aromatic heterocycles. The fraction of sp³-hybridized carbons (Fsp3) is 0.200. The van der Waals surface area contributed by atoms with Crippen molar-refractivity contribution in [3.8, 4) is 17.2 Å². The summed E-state index contributed by atoms with van der Waals surface area (Å²) in [6.07, 6.45) is 0. The van der Waals surface area contributed by atoms with Crippen LogP contribution in [-0.2, 0) is 9.59 Å². The van der Waals surface area contributed by atoms with E-state index in [0.717, 1.165) is 0 Å². The summed E-state index contributed by atoms with van der Waals surface area (Å²) in [5.41, 5.74) is 0.929. The van der Waals surface area contributed by atoms with Crippen molar-refractivity contribution in [1.82, 2.24) is 0 Å². The van der Waals surface area contributed by atoms with E-state index in [1.54, 1.807) is 26.0 Å². The van der Waals surface area contributed by atoms with E-state index in [-0.39, 0.29) is 62.8 Å². The van der Waals surface area contributed by atoms with Gasteiger partial charge in [0.25, 0.3) is 0 Å². The lowest BCUT2D eigenvalue weighted by atomic mass is 10.1. The molecule has 0 saturated heterocycles. The predicted octanol–water partition coefficient (Wildman–Crippen LogP) is 6.13. The zero-order valence-corrected chi connectivity index (χ0v) is 20.8. The normalized spacial score (nSPS) is 10.7. The van der Waals surface area contributed by atoms with E-state index in [9.17, 15) is 19.8 Å². The summed E-state index contributed by atoms with van der Waals surface area (Å²) in [5.74, 6) is -0.969. The quantitative estimate of drug-likeness (QED) is 0.211. The molecule has 184 valence electrons. The molecular formula is C25H25Cl2N3O5. The average Bonchev–Trinajstić information content (AvgIpc) is 2.80. The zero-order valence-electron chi connectivity index (χ0n) is 19.3. The van der Waals surface area contributed by atoms with Crippen LogP contribution in [0.1, 0.15) is 20.8 Å². The van der Waals surface area contributed by atoms with Crippen molar-refractivity contribution in [2.24, 2.45) is 5.92 Å². The fourth-order valence-corrected chi connectivity index (χ4v) is 3.64. The number of benzene rings is 3. The molecule has 0 spiro atoms. The second kappa shape index (κ2) is 11.2. The van der Waals surface area contributed by atoms with Crippen molar-refractivity contribution >= 4 is 57.8 Å². The largest absolute Gasteiger partial charge is 0.506 e. The molecule has 0 aliphatic heterocycles. The maximum absolute atomic E-state index is 12.8. The Morgan fingerprint density at radius 1 is 1.00 bits per heavy atom. The van der Waals surface area contributed by atoms with Gasteiger partial charge < -0.3 is 25.6 Å². The molecule has 0 saturated carbocycles. The number of hydrogen-bond donors (Lipinski definition) is 4. The Hall–Kier alpha value is -3.62. The van der Waals surface area contributed by atoms with E-state index in [2.05, 4.69) is 10.6 Å². The molecule has 0 bridgehead atoms. The number of halogens is 2. The van der Waals surface area contributed by atoms with Crippen molar-refractivity contribution in [3.63, 3.8) is 0 Å².